The summed E-state index contributed by atoms with van der Waals surface area (Å²) < 4.78 is 7.15. The molecule has 0 unspecified atom stereocenters. The maximum atomic E-state index is 13.1. The number of rotatable bonds is 6. The van der Waals surface area contributed by atoms with Gasteiger partial charge in [-0.25, -0.2) is 0 Å². The lowest BCUT2D eigenvalue weighted by Crippen LogP contribution is -2.24. The molecule has 2 aromatic carbocycles. The third-order valence-electron chi connectivity index (χ3n) is 4.61. The second-order valence-electron chi connectivity index (χ2n) is 6.51. The molecule has 1 amide bonds. The van der Waals surface area contributed by atoms with Gasteiger partial charge in [-0.15, -0.1) is 0 Å². The van der Waals surface area contributed by atoms with Gasteiger partial charge in [-0.3, -0.25) is 9.59 Å². The number of hydrogen-bond acceptors (Lipinski definition) is 3. The summed E-state index contributed by atoms with van der Waals surface area (Å²) in [4.78, 5) is 25.9. The molecule has 144 valence electrons. The highest BCUT2D eigenvalue weighted by atomic mass is 16.5. The number of fused-ring (bicyclic) bond motifs is 1. The fourth-order valence-electron chi connectivity index (χ4n) is 3.29. The van der Waals surface area contributed by atoms with E-state index in [2.05, 4.69) is 5.32 Å². The first-order valence-electron chi connectivity index (χ1n) is 9.41. The van der Waals surface area contributed by atoms with Crippen LogP contribution in [0.5, 0.6) is 5.75 Å². The fraction of sp³-hybridized carbons (Fsp3) is 0.0833. The summed E-state index contributed by atoms with van der Waals surface area (Å²) in [5.41, 5.74) is 3.34. The Morgan fingerprint density at radius 2 is 1.66 bits per heavy atom. The van der Waals surface area contributed by atoms with Crippen molar-refractivity contribution in [3.63, 3.8) is 0 Å². The van der Waals surface area contributed by atoms with Crippen LogP contribution in [-0.4, -0.2) is 22.7 Å². The van der Waals surface area contributed by atoms with Crippen LogP contribution in [0.1, 0.15) is 17.4 Å². The molecular weight excluding hydrogens is 364 g/mol. The van der Waals surface area contributed by atoms with Gasteiger partial charge in [0.15, 0.2) is 0 Å². The fourth-order valence-corrected chi connectivity index (χ4v) is 3.29. The molecule has 0 atom stereocenters. The number of amides is 1. The number of nitrogens with one attached hydrogen (secondary N) is 1. The van der Waals surface area contributed by atoms with Gasteiger partial charge in [-0.05, 0) is 55.0 Å². The lowest BCUT2D eigenvalue weighted by Gasteiger charge is -2.08. The predicted molar refractivity (Wildman–Crippen MR) is 113 cm³/mol. The van der Waals surface area contributed by atoms with Crippen LogP contribution in [0.3, 0.4) is 0 Å². The number of carbonyl (C=O) groups excluding carboxylic acids is 2. The standard InChI is InChI=1S/C24H20N2O3/c1-2-29-20-13-11-18(12-14-20)25-24(28)23(27)22-21(17-8-4-3-5-9-17)16-19-10-6-7-15-26(19)22/h3-16H,2H2,1H3,(H,25,28). The second kappa shape index (κ2) is 8.02. The summed E-state index contributed by atoms with van der Waals surface area (Å²) in [6, 6.07) is 24.1. The molecule has 0 radical (unpaired) electrons. The van der Waals surface area contributed by atoms with Gasteiger partial charge in [0, 0.05) is 23.0 Å². The third-order valence-corrected chi connectivity index (χ3v) is 4.61. The van der Waals surface area contributed by atoms with E-state index in [1.54, 1.807) is 34.9 Å². The highest BCUT2D eigenvalue weighted by molar-refractivity contribution is 6.47. The van der Waals surface area contributed by atoms with E-state index in [0.29, 0.717) is 23.7 Å². The Morgan fingerprint density at radius 3 is 2.38 bits per heavy atom. The van der Waals surface area contributed by atoms with Gasteiger partial charge in [0.05, 0.1) is 6.61 Å². The molecule has 2 aromatic heterocycles. The molecule has 0 saturated heterocycles. The number of nitrogens with zero attached hydrogens (tertiary/aromatic N) is 1. The number of benzene rings is 2. The van der Waals surface area contributed by atoms with Crippen LogP contribution in [-0.2, 0) is 4.79 Å². The van der Waals surface area contributed by atoms with Crippen LogP contribution in [0.25, 0.3) is 16.6 Å². The Hall–Kier alpha value is -3.86. The van der Waals surface area contributed by atoms with E-state index in [-0.39, 0.29) is 0 Å². The van der Waals surface area contributed by atoms with E-state index < -0.39 is 11.7 Å². The number of ketones is 1. The first-order chi connectivity index (χ1) is 14.2. The molecule has 0 aliphatic rings. The highest BCUT2D eigenvalue weighted by Crippen LogP contribution is 2.28. The number of pyridine rings is 1. The summed E-state index contributed by atoms with van der Waals surface area (Å²) in [5.74, 6) is -0.570. The van der Waals surface area contributed by atoms with E-state index in [0.717, 1.165) is 16.6 Å². The van der Waals surface area contributed by atoms with Crippen molar-refractivity contribution in [2.24, 2.45) is 0 Å². The number of aromatic nitrogens is 1. The first kappa shape index (κ1) is 18.5. The molecule has 5 heteroatoms. The highest BCUT2D eigenvalue weighted by Gasteiger charge is 2.24. The van der Waals surface area contributed by atoms with Crippen LogP contribution in [0.15, 0.2) is 85.1 Å². The van der Waals surface area contributed by atoms with Gasteiger partial charge >= 0.3 is 0 Å². The molecule has 0 bridgehead atoms. The lowest BCUT2D eigenvalue weighted by molar-refractivity contribution is -0.112. The normalized spacial score (nSPS) is 10.7. The van der Waals surface area contributed by atoms with Crippen molar-refractivity contribution >= 4 is 22.9 Å². The molecular formula is C24H20N2O3. The molecule has 1 N–H and O–H groups in total. The van der Waals surface area contributed by atoms with Crippen molar-refractivity contribution in [3.05, 3.63) is 90.8 Å². The van der Waals surface area contributed by atoms with Crippen molar-refractivity contribution in [1.29, 1.82) is 0 Å². The average Bonchev–Trinajstić information content (AvgIpc) is 3.15. The van der Waals surface area contributed by atoms with Crippen LogP contribution in [0.2, 0.25) is 0 Å². The minimum Gasteiger partial charge on any atom is -0.494 e. The minimum absolute atomic E-state index is 0.343. The monoisotopic (exact) mass is 384 g/mol. The van der Waals surface area contributed by atoms with Gasteiger partial charge in [0.25, 0.3) is 11.7 Å². The Labute approximate surface area is 168 Å². The Balaban J connectivity index is 1.68. The van der Waals surface area contributed by atoms with E-state index in [1.807, 2.05) is 61.5 Å². The van der Waals surface area contributed by atoms with E-state index in [4.69, 9.17) is 4.74 Å². The van der Waals surface area contributed by atoms with Crippen molar-refractivity contribution in [2.45, 2.75) is 6.92 Å². The van der Waals surface area contributed by atoms with E-state index in [9.17, 15) is 9.59 Å². The summed E-state index contributed by atoms with van der Waals surface area (Å²) in [5, 5.41) is 2.69. The molecule has 2 heterocycles. The topological polar surface area (TPSA) is 59.8 Å². The molecule has 0 fully saturated rings. The van der Waals surface area contributed by atoms with Gasteiger partial charge in [0.2, 0.25) is 0 Å². The number of carbonyl (C=O) groups is 2. The summed E-state index contributed by atoms with van der Waals surface area (Å²) in [6.45, 7) is 2.47. The largest absolute Gasteiger partial charge is 0.494 e. The predicted octanol–water partition coefficient (Wildman–Crippen LogP) is 4.83. The lowest BCUT2D eigenvalue weighted by atomic mass is 10.0. The van der Waals surface area contributed by atoms with Crippen LogP contribution in [0, 0.1) is 0 Å². The number of hydrogen-bond donors (Lipinski definition) is 1. The van der Waals surface area contributed by atoms with Crippen LogP contribution in [0.4, 0.5) is 5.69 Å². The van der Waals surface area contributed by atoms with E-state index in [1.165, 1.54) is 0 Å². The van der Waals surface area contributed by atoms with Crippen molar-refractivity contribution < 1.29 is 14.3 Å². The molecule has 5 nitrogen and oxygen atoms in total. The SMILES string of the molecule is CCOc1ccc(NC(=O)C(=O)c2c(-c3ccccc3)cc3ccccn23)cc1. The smallest absolute Gasteiger partial charge is 0.298 e. The number of Topliss-reactive ketones (excluding diaryl/α,β-unsaturated/α-hetero) is 1. The zero-order chi connectivity index (χ0) is 20.2. The van der Waals surface area contributed by atoms with Crippen molar-refractivity contribution in [3.8, 4) is 16.9 Å². The Bertz CT molecular complexity index is 1160. The van der Waals surface area contributed by atoms with Crippen LogP contribution >= 0.6 is 0 Å². The Morgan fingerprint density at radius 1 is 0.931 bits per heavy atom. The molecule has 4 aromatic rings. The third kappa shape index (κ3) is 3.75. The number of anilines is 1. The van der Waals surface area contributed by atoms with Gasteiger partial charge < -0.3 is 14.5 Å². The number of ether oxygens (including phenoxy) is 1. The Kier molecular flexibility index (Phi) is 5.12. The molecule has 29 heavy (non-hydrogen) atoms. The quantitative estimate of drug-likeness (QED) is 0.383. The molecule has 0 spiro atoms. The maximum absolute atomic E-state index is 13.1. The van der Waals surface area contributed by atoms with Gasteiger partial charge in [-0.2, -0.15) is 0 Å². The first-order valence-corrected chi connectivity index (χ1v) is 9.41. The summed E-state index contributed by atoms with van der Waals surface area (Å²) in [6.07, 6.45) is 1.79. The molecule has 0 aliphatic carbocycles. The zero-order valence-electron chi connectivity index (χ0n) is 16.0. The van der Waals surface area contributed by atoms with E-state index >= 15 is 0 Å². The van der Waals surface area contributed by atoms with Gasteiger partial charge in [0.1, 0.15) is 11.4 Å². The molecule has 4 rings (SSSR count). The van der Waals surface area contributed by atoms with Crippen molar-refractivity contribution in [2.75, 3.05) is 11.9 Å². The maximum Gasteiger partial charge on any atom is 0.298 e. The average molecular weight is 384 g/mol. The zero-order valence-corrected chi connectivity index (χ0v) is 16.0. The minimum atomic E-state index is -0.685. The second-order valence-corrected chi connectivity index (χ2v) is 6.51. The molecule has 0 aliphatic heterocycles. The van der Waals surface area contributed by atoms with Crippen molar-refractivity contribution in [1.82, 2.24) is 4.40 Å². The summed E-state index contributed by atoms with van der Waals surface area (Å²) >= 11 is 0. The molecule has 0 saturated carbocycles. The summed E-state index contributed by atoms with van der Waals surface area (Å²) in [7, 11) is 0. The van der Waals surface area contributed by atoms with Crippen LogP contribution < -0.4 is 10.1 Å². The van der Waals surface area contributed by atoms with Gasteiger partial charge in [-0.1, -0.05) is 36.4 Å².